The number of amides is 1. The topological polar surface area (TPSA) is 65.4 Å². The Bertz CT molecular complexity index is 573. The van der Waals surface area contributed by atoms with E-state index in [0.29, 0.717) is 19.8 Å². The molecule has 1 saturated carbocycles. The van der Waals surface area contributed by atoms with Crippen LogP contribution in [0.5, 0.6) is 0 Å². The Labute approximate surface area is 139 Å². The number of carbonyl (C=O) groups excluding carboxylic acids is 1. The van der Waals surface area contributed by atoms with Crippen molar-refractivity contribution >= 4 is 5.91 Å². The number of ether oxygens (including phenoxy) is 2. The summed E-state index contributed by atoms with van der Waals surface area (Å²) in [6.45, 7) is 3.32. The molecular formula is C16H23F2N3O3. The van der Waals surface area contributed by atoms with Gasteiger partial charge in [0.25, 0.3) is 12.3 Å². The maximum absolute atomic E-state index is 12.6. The van der Waals surface area contributed by atoms with Gasteiger partial charge in [-0.25, -0.2) is 8.78 Å². The van der Waals surface area contributed by atoms with E-state index in [4.69, 9.17) is 9.47 Å². The van der Waals surface area contributed by atoms with Crippen LogP contribution in [0, 0.1) is 5.41 Å². The molecule has 2 atom stereocenters. The minimum Gasteiger partial charge on any atom is -0.381 e. The molecule has 1 N–H and O–H groups in total. The van der Waals surface area contributed by atoms with E-state index in [-0.39, 0.29) is 29.2 Å². The third-order valence-corrected chi connectivity index (χ3v) is 5.14. The highest BCUT2D eigenvalue weighted by Crippen LogP contribution is 2.50. The van der Waals surface area contributed by atoms with E-state index in [0.717, 1.165) is 23.9 Å². The van der Waals surface area contributed by atoms with E-state index >= 15 is 0 Å². The van der Waals surface area contributed by atoms with Gasteiger partial charge in [0, 0.05) is 37.5 Å². The van der Waals surface area contributed by atoms with E-state index < -0.39 is 13.0 Å². The van der Waals surface area contributed by atoms with Gasteiger partial charge in [-0.1, -0.05) is 0 Å². The largest absolute Gasteiger partial charge is 0.381 e. The molecule has 1 saturated heterocycles. The van der Waals surface area contributed by atoms with Gasteiger partial charge < -0.3 is 14.8 Å². The third kappa shape index (κ3) is 3.17. The van der Waals surface area contributed by atoms with Crippen LogP contribution < -0.4 is 5.32 Å². The SMILES string of the molecule is CCOC1CC(NC(=O)c2ccnn2CC(F)F)C12CCOCC2. The summed E-state index contributed by atoms with van der Waals surface area (Å²) in [6.07, 6.45) is 1.33. The fourth-order valence-electron chi connectivity index (χ4n) is 3.84. The van der Waals surface area contributed by atoms with Crippen LogP contribution >= 0.6 is 0 Å². The van der Waals surface area contributed by atoms with Crippen molar-refractivity contribution in [3.63, 3.8) is 0 Å². The molecule has 1 spiro atoms. The molecule has 0 aromatic carbocycles. The van der Waals surface area contributed by atoms with Crippen molar-refractivity contribution < 1.29 is 23.0 Å². The molecule has 2 heterocycles. The molecule has 6 nitrogen and oxygen atoms in total. The molecule has 0 radical (unpaired) electrons. The van der Waals surface area contributed by atoms with Crippen LogP contribution in [-0.2, 0) is 16.0 Å². The van der Waals surface area contributed by atoms with E-state index in [1.165, 1.54) is 12.3 Å². The van der Waals surface area contributed by atoms with Crippen molar-refractivity contribution in [3.05, 3.63) is 18.0 Å². The zero-order valence-corrected chi connectivity index (χ0v) is 13.7. The number of nitrogens with one attached hydrogen (secondary N) is 1. The first-order chi connectivity index (χ1) is 11.6. The van der Waals surface area contributed by atoms with Gasteiger partial charge in [-0.2, -0.15) is 5.10 Å². The smallest absolute Gasteiger partial charge is 0.269 e. The lowest BCUT2D eigenvalue weighted by Gasteiger charge is -2.57. The van der Waals surface area contributed by atoms with Crippen LogP contribution in [0.3, 0.4) is 0 Å². The summed E-state index contributed by atoms with van der Waals surface area (Å²) in [5, 5.41) is 6.81. The zero-order valence-electron chi connectivity index (χ0n) is 13.7. The number of halogens is 2. The summed E-state index contributed by atoms with van der Waals surface area (Å²) in [7, 11) is 0. The van der Waals surface area contributed by atoms with Crippen molar-refractivity contribution in [1.29, 1.82) is 0 Å². The van der Waals surface area contributed by atoms with Crippen LogP contribution in [0.15, 0.2) is 12.3 Å². The van der Waals surface area contributed by atoms with E-state index in [9.17, 15) is 13.6 Å². The Kier molecular flexibility index (Phi) is 5.15. The van der Waals surface area contributed by atoms with Gasteiger partial charge in [0.05, 0.1) is 6.10 Å². The van der Waals surface area contributed by atoms with Crippen molar-refractivity contribution in [2.24, 2.45) is 5.41 Å². The Morgan fingerprint density at radius 1 is 1.54 bits per heavy atom. The molecule has 2 unspecified atom stereocenters. The van der Waals surface area contributed by atoms with Crippen LogP contribution in [0.4, 0.5) is 8.78 Å². The number of alkyl halides is 2. The summed E-state index contributed by atoms with van der Waals surface area (Å²) in [5.41, 5.74) is 0.0506. The van der Waals surface area contributed by atoms with Crippen molar-refractivity contribution in [2.75, 3.05) is 19.8 Å². The Balaban J connectivity index is 1.69. The molecule has 24 heavy (non-hydrogen) atoms. The maximum atomic E-state index is 12.6. The summed E-state index contributed by atoms with van der Waals surface area (Å²) in [6, 6.07) is 1.44. The van der Waals surface area contributed by atoms with Crippen LogP contribution in [0.25, 0.3) is 0 Å². The predicted octanol–water partition coefficient (Wildman–Crippen LogP) is 1.85. The summed E-state index contributed by atoms with van der Waals surface area (Å²) < 4.78 is 37.5. The normalized spacial score (nSPS) is 25.7. The number of aromatic nitrogens is 2. The van der Waals surface area contributed by atoms with Gasteiger partial charge in [0.2, 0.25) is 0 Å². The standard InChI is InChI=1S/C16H23F2N3O3/c1-2-24-13-9-12(16(13)4-7-23-8-5-16)20-15(22)11-3-6-19-21(11)10-14(17)18/h3,6,12-14H,2,4-5,7-10H2,1H3,(H,20,22). The third-order valence-electron chi connectivity index (χ3n) is 5.14. The highest BCUT2D eigenvalue weighted by atomic mass is 19.3. The summed E-state index contributed by atoms with van der Waals surface area (Å²) in [4.78, 5) is 12.5. The second-order valence-corrected chi connectivity index (χ2v) is 6.34. The second-order valence-electron chi connectivity index (χ2n) is 6.34. The minimum absolute atomic E-state index is 0.0275. The monoisotopic (exact) mass is 343 g/mol. The quantitative estimate of drug-likeness (QED) is 0.856. The molecule has 1 aliphatic heterocycles. The van der Waals surface area contributed by atoms with Gasteiger partial charge >= 0.3 is 0 Å². The molecule has 1 aliphatic carbocycles. The number of carbonyl (C=O) groups is 1. The summed E-state index contributed by atoms with van der Waals surface area (Å²) in [5.74, 6) is -0.362. The lowest BCUT2D eigenvalue weighted by molar-refractivity contribution is -0.170. The molecule has 2 fully saturated rings. The highest BCUT2D eigenvalue weighted by molar-refractivity contribution is 5.92. The predicted molar refractivity (Wildman–Crippen MR) is 82.0 cm³/mol. The van der Waals surface area contributed by atoms with Gasteiger partial charge in [-0.05, 0) is 32.3 Å². The lowest BCUT2D eigenvalue weighted by atomic mass is 9.57. The van der Waals surface area contributed by atoms with Gasteiger partial charge in [-0.3, -0.25) is 9.48 Å². The molecule has 3 rings (SSSR count). The Morgan fingerprint density at radius 2 is 2.29 bits per heavy atom. The highest BCUT2D eigenvalue weighted by Gasteiger charge is 2.56. The fourth-order valence-corrected chi connectivity index (χ4v) is 3.84. The number of hydrogen-bond acceptors (Lipinski definition) is 4. The average Bonchev–Trinajstić information content (AvgIpc) is 3.02. The van der Waals surface area contributed by atoms with Gasteiger partial charge in [0.15, 0.2) is 0 Å². The van der Waals surface area contributed by atoms with Gasteiger partial charge in [-0.15, -0.1) is 0 Å². The van der Waals surface area contributed by atoms with Crippen LogP contribution in [0.1, 0.15) is 36.7 Å². The van der Waals surface area contributed by atoms with Crippen LogP contribution in [0.2, 0.25) is 0 Å². The average molecular weight is 343 g/mol. The van der Waals surface area contributed by atoms with Crippen molar-refractivity contribution in [3.8, 4) is 0 Å². The molecule has 1 amide bonds. The van der Waals surface area contributed by atoms with Crippen molar-refractivity contribution in [1.82, 2.24) is 15.1 Å². The van der Waals surface area contributed by atoms with E-state index in [2.05, 4.69) is 10.4 Å². The molecule has 1 aromatic heterocycles. The first-order valence-electron chi connectivity index (χ1n) is 8.37. The molecule has 134 valence electrons. The maximum Gasteiger partial charge on any atom is 0.269 e. The number of hydrogen-bond donors (Lipinski definition) is 1. The fraction of sp³-hybridized carbons (Fsp3) is 0.750. The molecule has 2 aliphatic rings. The number of nitrogens with zero attached hydrogens (tertiary/aromatic N) is 2. The second kappa shape index (κ2) is 7.14. The number of rotatable bonds is 6. The first-order valence-corrected chi connectivity index (χ1v) is 8.37. The van der Waals surface area contributed by atoms with Crippen LogP contribution in [-0.4, -0.2) is 54.1 Å². The lowest BCUT2D eigenvalue weighted by Crippen LogP contribution is -2.66. The first kappa shape index (κ1) is 17.3. The Hall–Kier alpha value is -1.54. The van der Waals surface area contributed by atoms with E-state index in [1.807, 2.05) is 6.92 Å². The Morgan fingerprint density at radius 3 is 2.96 bits per heavy atom. The van der Waals surface area contributed by atoms with E-state index in [1.54, 1.807) is 0 Å². The summed E-state index contributed by atoms with van der Waals surface area (Å²) >= 11 is 0. The molecule has 8 heteroatoms. The van der Waals surface area contributed by atoms with Crippen molar-refractivity contribution in [2.45, 2.75) is 51.3 Å². The molecule has 1 aromatic rings. The minimum atomic E-state index is -2.55. The zero-order chi connectivity index (χ0) is 17.2. The molecule has 0 bridgehead atoms. The molecular weight excluding hydrogens is 320 g/mol. The van der Waals surface area contributed by atoms with Gasteiger partial charge in [0.1, 0.15) is 12.2 Å².